The summed E-state index contributed by atoms with van der Waals surface area (Å²) < 4.78 is 2.91. The molecule has 13 heterocycles. The Kier molecular flexibility index (Phi) is 21.0. The number of aromatic carboxylic acids is 1. The second-order valence-corrected chi connectivity index (χ2v) is 30.5. The third-order valence-corrected chi connectivity index (χ3v) is 22.8. The normalized spacial score (nSPS) is 17.9. The molecule has 2 unspecified atom stereocenters. The van der Waals surface area contributed by atoms with Gasteiger partial charge >= 0.3 is 5.97 Å². The molecule has 2 saturated heterocycles. The van der Waals surface area contributed by atoms with Crippen LogP contribution in [0.2, 0.25) is 0 Å². The van der Waals surface area contributed by atoms with Gasteiger partial charge in [0.05, 0.1) is 43.3 Å². The van der Waals surface area contributed by atoms with Crippen LogP contribution in [-0.2, 0) is 105 Å². The third kappa shape index (κ3) is 16.5. The number of carboxylic acids is 1. The molecule has 0 spiro atoms. The molecular weight excluding hydrogens is 1440 g/mol. The molecule has 0 radical (unpaired) electrons. The van der Waals surface area contributed by atoms with Crippen molar-refractivity contribution in [2.75, 3.05) is 82.4 Å². The zero-order valence-electron chi connectivity index (χ0n) is 62.9. The van der Waals surface area contributed by atoms with E-state index in [1.54, 1.807) is 51.7 Å². The second-order valence-electron chi connectivity index (χ2n) is 30.5. The largest absolute Gasteiger partial charge is 0.476 e. The topological polar surface area (TPSA) is 399 Å². The lowest BCUT2D eigenvalue weighted by atomic mass is 9.96. The number of hydrogen-bond acceptors (Lipinski definition) is 24. The Bertz CT molecular complexity index is 5180. The molecule has 3 aromatic carbocycles. The van der Waals surface area contributed by atoms with Crippen molar-refractivity contribution < 1.29 is 29.1 Å². The molecule has 7 N–H and O–H groups in total. The maximum Gasteiger partial charge on any atom is 0.357 e. The standard InChI is InChI=1S/C29H32N10O2.C26H33N9O.C24H23N9O3/c40-26(38-11-8-24-25(17-38)34-36-33-24)18-39-16-23(27(35-39)28(41)37-9-4-1-5-10-37)21-14-30-29(31-15-21)32-22-12-19-6-2-3-7-20(19)13-22;1-33(2)24-15-34(16-25(36)35-8-7-22-23(14-35)31-32-30-22)13-21(24)19-11-27-26(28-12-19)29-20-9-17-5-3-4-6-18(17)10-20;34-21(32-6-5-19-20(12-32)29-31-28-19)13-33-11-18(22(30-33)23(35)36)16-9-25-24(26-10-16)27-17-7-14-3-1-2-4-15(14)8-17/h2-3,6-7,14-16,22H,1,4-5,8-13,17-18H2,(H,30,31,32)(H,33,34,36);3-6,11-12,20-21,24H,7-10,13-16H2,1-2H3,(H,27,28,29)(H,30,31,32);1-4,9-11,17H,5-8,12-13H2,(H,35,36)(H,25,26,27)(H,28,29,31). The first-order valence-electron chi connectivity index (χ1n) is 38.7. The Balaban J connectivity index is 0.000000123. The zero-order chi connectivity index (χ0) is 77.1. The number of rotatable bonds is 18. The molecule has 2 atom stereocenters. The van der Waals surface area contributed by atoms with Gasteiger partial charge in [0, 0.05) is 167 Å². The number of aromatic amines is 3. The number of H-pyrrole nitrogens is 3. The average Bonchev–Trinajstić information content (AvgIpc) is 1.65. The van der Waals surface area contributed by atoms with Crippen molar-refractivity contribution in [2.45, 2.75) is 140 Å². The molecule has 580 valence electrons. The number of hydrogen-bond donors (Lipinski definition) is 7. The van der Waals surface area contributed by atoms with Crippen LogP contribution >= 0.6 is 0 Å². The van der Waals surface area contributed by atoms with Gasteiger partial charge in [-0.05, 0) is 111 Å². The fourth-order valence-corrected chi connectivity index (χ4v) is 16.8. The summed E-state index contributed by atoms with van der Waals surface area (Å²) in [6, 6.07) is 26.5. The highest BCUT2D eigenvalue weighted by atomic mass is 16.4. The van der Waals surface area contributed by atoms with Crippen molar-refractivity contribution in [3.63, 3.8) is 0 Å². The maximum absolute atomic E-state index is 13.6. The summed E-state index contributed by atoms with van der Waals surface area (Å²) in [6.45, 7) is 6.51. The van der Waals surface area contributed by atoms with Gasteiger partial charge < -0.3 is 45.6 Å². The molecule has 5 aliphatic heterocycles. The summed E-state index contributed by atoms with van der Waals surface area (Å²) in [5, 5.41) is 61.5. The smallest absolute Gasteiger partial charge is 0.357 e. The lowest BCUT2D eigenvalue weighted by Crippen LogP contribution is -2.43. The van der Waals surface area contributed by atoms with Crippen LogP contribution in [0.3, 0.4) is 0 Å². The number of amides is 4. The SMILES string of the molecule is CN(C)C1CN(CC(=O)N2CCc3n[nH]nc3C2)CC1c1cnc(NC2Cc3ccccc3C2)nc1.O=C(Cn1cc(-c2cnc(NC3Cc4ccccc4C3)nc2)c(C(=O)N2CCCCC2)n1)N1CCc2n[nH]nc2C1.O=C(O)c1nn(CC(=O)N2CCc3n[nH]nc3C2)cc1-c1cnc(NC2Cc3ccccc3C2)nc1. The van der Waals surface area contributed by atoms with E-state index < -0.39 is 5.97 Å². The number of benzene rings is 3. The minimum Gasteiger partial charge on any atom is -0.476 e. The van der Waals surface area contributed by atoms with Gasteiger partial charge in [-0.3, -0.25) is 33.4 Å². The van der Waals surface area contributed by atoms with E-state index in [4.69, 9.17) is 0 Å². The molecule has 34 heteroatoms. The van der Waals surface area contributed by atoms with Gasteiger partial charge in [0.25, 0.3) is 5.91 Å². The van der Waals surface area contributed by atoms with E-state index in [1.807, 2.05) is 34.3 Å². The fourth-order valence-electron chi connectivity index (χ4n) is 16.8. The van der Waals surface area contributed by atoms with Crippen molar-refractivity contribution in [1.29, 1.82) is 0 Å². The maximum atomic E-state index is 13.6. The third-order valence-electron chi connectivity index (χ3n) is 22.8. The van der Waals surface area contributed by atoms with Gasteiger partial charge in [0.2, 0.25) is 35.6 Å². The summed E-state index contributed by atoms with van der Waals surface area (Å²) in [5.41, 5.74) is 16.8. The molecule has 3 aliphatic carbocycles. The number of carbonyl (C=O) groups excluding carboxylic acids is 4. The van der Waals surface area contributed by atoms with Crippen molar-refractivity contribution in [3.8, 4) is 22.3 Å². The fraction of sp³-hybridized carbons (Fsp3) is 0.405. The first-order chi connectivity index (χ1) is 55.2. The van der Waals surface area contributed by atoms with Crippen LogP contribution in [0.15, 0.2) is 122 Å². The first kappa shape index (κ1) is 73.2. The van der Waals surface area contributed by atoms with E-state index in [9.17, 15) is 29.1 Å². The Morgan fingerprint density at radius 2 is 0.805 bits per heavy atom. The highest BCUT2D eigenvalue weighted by Gasteiger charge is 2.39. The highest BCUT2D eigenvalue weighted by Crippen LogP contribution is 2.34. The van der Waals surface area contributed by atoms with Crippen LogP contribution in [0.5, 0.6) is 0 Å². The predicted molar refractivity (Wildman–Crippen MR) is 412 cm³/mol. The zero-order valence-corrected chi connectivity index (χ0v) is 62.9. The lowest BCUT2D eigenvalue weighted by Gasteiger charge is -2.27. The van der Waals surface area contributed by atoms with Gasteiger partial charge in [-0.2, -0.15) is 56.4 Å². The van der Waals surface area contributed by atoms with E-state index in [0.717, 1.165) is 117 Å². The van der Waals surface area contributed by atoms with Crippen molar-refractivity contribution in [3.05, 3.63) is 207 Å². The van der Waals surface area contributed by atoms with Crippen LogP contribution in [0.25, 0.3) is 22.3 Å². The molecule has 2 fully saturated rings. The van der Waals surface area contributed by atoms with Crippen LogP contribution in [-0.4, -0.2) is 250 Å². The minimum atomic E-state index is -1.19. The number of anilines is 3. The van der Waals surface area contributed by atoms with Crippen molar-refractivity contribution in [2.24, 2.45) is 0 Å². The van der Waals surface area contributed by atoms with Gasteiger partial charge in [-0.25, -0.2) is 34.7 Å². The Hall–Kier alpha value is -12.6. The first-order valence-corrected chi connectivity index (χ1v) is 38.7. The minimum absolute atomic E-state index is 0.0240. The number of carbonyl (C=O) groups is 5. The van der Waals surface area contributed by atoms with Crippen LogP contribution in [0, 0.1) is 0 Å². The van der Waals surface area contributed by atoms with E-state index in [1.165, 1.54) is 38.1 Å². The number of likely N-dealkylation sites (N-methyl/N-ethyl adjacent to an activating group) is 1. The van der Waals surface area contributed by atoms with E-state index >= 15 is 0 Å². The predicted octanol–water partition coefficient (Wildman–Crippen LogP) is 4.66. The van der Waals surface area contributed by atoms with Gasteiger partial charge in [-0.15, -0.1) is 0 Å². The number of fused-ring (bicyclic) bond motifs is 6. The molecule has 19 rings (SSSR count). The molecule has 8 aromatic heterocycles. The van der Waals surface area contributed by atoms with Crippen LogP contribution in [0.1, 0.15) is 119 Å². The van der Waals surface area contributed by atoms with E-state index in [0.29, 0.717) is 130 Å². The van der Waals surface area contributed by atoms with Gasteiger partial charge in [-0.1, -0.05) is 72.8 Å². The monoisotopic (exact) mass is 1520 g/mol. The number of nitrogens with one attached hydrogen (secondary N) is 6. The van der Waals surface area contributed by atoms with E-state index in [-0.39, 0.29) is 60.4 Å². The van der Waals surface area contributed by atoms with E-state index in [2.05, 4.69) is 187 Å². The number of carboxylic acid groups (broad SMARTS) is 1. The Morgan fingerprint density at radius 1 is 0.442 bits per heavy atom. The number of aromatic nitrogens is 19. The molecule has 0 saturated carbocycles. The molecule has 4 amide bonds. The van der Waals surface area contributed by atoms with Crippen molar-refractivity contribution >= 4 is 47.4 Å². The highest BCUT2D eigenvalue weighted by molar-refractivity contribution is 5.99. The molecule has 34 nitrogen and oxygen atoms in total. The summed E-state index contributed by atoms with van der Waals surface area (Å²) in [7, 11) is 4.21. The average molecular weight is 1530 g/mol. The second kappa shape index (κ2) is 32.4. The quantitative estimate of drug-likeness (QED) is 0.0614. The summed E-state index contributed by atoms with van der Waals surface area (Å²) >= 11 is 0. The Morgan fingerprint density at radius 3 is 1.19 bits per heavy atom. The Labute approximate surface area is 650 Å². The molecule has 113 heavy (non-hydrogen) atoms. The summed E-state index contributed by atoms with van der Waals surface area (Å²) in [4.78, 5) is 104. The number of likely N-dealkylation sites (tertiary alicyclic amines) is 2. The van der Waals surface area contributed by atoms with Crippen LogP contribution < -0.4 is 16.0 Å². The van der Waals surface area contributed by atoms with Gasteiger partial charge in [0.15, 0.2) is 11.4 Å². The molecular formula is C79H88N28O6. The van der Waals surface area contributed by atoms with Gasteiger partial charge in [0.1, 0.15) is 30.2 Å². The molecule has 0 bridgehead atoms. The lowest BCUT2D eigenvalue weighted by molar-refractivity contribution is -0.134. The van der Waals surface area contributed by atoms with Crippen LogP contribution in [0.4, 0.5) is 17.8 Å². The summed E-state index contributed by atoms with van der Waals surface area (Å²) in [5.74, 6) is 0.538. The van der Waals surface area contributed by atoms with Crippen molar-refractivity contribution in [1.82, 2.24) is 125 Å². The molecule has 11 aromatic rings. The number of piperidine rings is 1. The molecule has 8 aliphatic rings. The summed E-state index contributed by atoms with van der Waals surface area (Å²) in [6.07, 6.45) is 24.6. The number of nitrogens with zero attached hydrogens (tertiary/aromatic N) is 22.